The molecule has 3 aromatic rings. The number of rotatable bonds is 8. The van der Waals surface area contributed by atoms with Crippen LogP contribution in [0, 0.1) is 4.77 Å². The van der Waals surface area contributed by atoms with Crippen LogP contribution >= 0.6 is 23.8 Å². The highest BCUT2D eigenvalue weighted by Crippen LogP contribution is 2.36. The summed E-state index contributed by atoms with van der Waals surface area (Å²) in [6.45, 7) is 4.83. The van der Waals surface area contributed by atoms with E-state index in [1.165, 1.54) is 4.68 Å². The quantitative estimate of drug-likeness (QED) is 0.402. The maximum absolute atomic E-state index is 6.34. The average molecular weight is 433 g/mol. The predicted octanol–water partition coefficient (Wildman–Crippen LogP) is 4.95. The molecule has 0 spiro atoms. The lowest BCUT2D eigenvalue weighted by Gasteiger charge is -2.12. The number of hydrogen-bond donors (Lipinski definition) is 1. The molecule has 3 rings (SSSR count). The Morgan fingerprint density at radius 1 is 1.17 bits per heavy atom. The Kier molecular flexibility index (Phi) is 6.90. The first-order valence-electron chi connectivity index (χ1n) is 9.03. The number of halogens is 1. The number of aromatic amines is 1. The van der Waals surface area contributed by atoms with Gasteiger partial charge in [0.25, 0.3) is 0 Å². The van der Waals surface area contributed by atoms with Crippen LogP contribution in [0.15, 0.2) is 41.5 Å². The van der Waals surface area contributed by atoms with Crippen molar-refractivity contribution >= 4 is 30.0 Å². The number of benzene rings is 2. The zero-order valence-corrected chi connectivity index (χ0v) is 17.9. The Balaban J connectivity index is 2.01. The highest BCUT2D eigenvalue weighted by molar-refractivity contribution is 7.71. The first-order chi connectivity index (χ1) is 14.1. The van der Waals surface area contributed by atoms with Crippen LogP contribution in [0.5, 0.6) is 17.2 Å². The maximum atomic E-state index is 6.34. The smallest absolute Gasteiger partial charge is 0.216 e. The Bertz CT molecular complexity index is 1080. The molecule has 0 saturated heterocycles. The van der Waals surface area contributed by atoms with E-state index in [9.17, 15) is 0 Å². The molecule has 0 atom stereocenters. The molecule has 9 heteroatoms. The van der Waals surface area contributed by atoms with Crippen molar-refractivity contribution in [2.24, 2.45) is 5.10 Å². The fourth-order valence-electron chi connectivity index (χ4n) is 2.73. The number of hydrogen-bond acceptors (Lipinski definition) is 6. The van der Waals surface area contributed by atoms with Crippen molar-refractivity contribution in [3.8, 4) is 28.6 Å². The summed E-state index contributed by atoms with van der Waals surface area (Å²) in [4.78, 5) is 0. The summed E-state index contributed by atoms with van der Waals surface area (Å²) in [6, 6.07) is 11.1. The number of aromatic nitrogens is 3. The van der Waals surface area contributed by atoms with Gasteiger partial charge in [-0.3, -0.25) is 0 Å². The van der Waals surface area contributed by atoms with E-state index in [-0.39, 0.29) is 0 Å². The van der Waals surface area contributed by atoms with Crippen molar-refractivity contribution in [2.45, 2.75) is 13.8 Å². The van der Waals surface area contributed by atoms with Crippen molar-refractivity contribution in [3.63, 3.8) is 0 Å². The third-order valence-corrected chi connectivity index (χ3v) is 4.49. The monoisotopic (exact) mass is 432 g/mol. The van der Waals surface area contributed by atoms with Crippen molar-refractivity contribution in [3.05, 3.63) is 51.8 Å². The van der Waals surface area contributed by atoms with Crippen LogP contribution in [0.3, 0.4) is 0 Å². The Hall–Kier alpha value is -2.84. The standard InChI is InChI=1S/C20H21ClN4O3S/c1-4-27-16-9-7-6-8-14(16)19-23-24-20(29)25(19)22-12-13-10-15(21)18(28-5-2)17(11-13)26-3/h6-12H,4-5H2,1-3H3,(H,24,29)/b22-12-. The molecule has 2 aromatic carbocycles. The fraction of sp³-hybridized carbons (Fsp3) is 0.250. The van der Waals surface area contributed by atoms with E-state index in [0.717, 1.165) is 11.1 Å². The lowest BCUT2D eigenvalue weighted by atomic mass is 10.2. The number of methoxy groups -OCH3 is 1. The SMILES string of the molecule is CCOc1ccccc1-c1n[nH]c(=S)n1/N=C\c1cc(Cl)c(OCC)c(OC)c1. The second-order valence-corrected chi connectivity index (χ2v) is 6.60. The van der Waals surface area contributed by atoms with E-state index < -0.39 is 0 Å². The maximum Gasteiger partial charge on any atom is 0.216 e. The van der Waals surface area contributed by atoms with Gasteiger partial charge in [-0.25, -0.2) is 5.10 Å². The van der Waals surface area contributed by atoms with Gasteiger partial charge in [0.15, 0.2) is 17.3 Å². The summed E-state index contributed by atoms with van der Waals surface area (Å²) in [6.07, 6.45) is 1.63. The van der Waals surface area contributed by atoms with Gasteiger partial charge in [-0.2, -0.15) is 14.9 Å². The second-order valence-electron chi connectivity index (χ2n) is 5.81. The molecule has 0 unspecified atom stereocenters. The minimum atomic E-state index is 0.353. The van der Waals surface area contributed by atoms with E-state index in [1.54, 1.807) is 25.5 Å². The summed E-state index contributed by atoms with van der Waals surface area (Å²) < 4.78 is 18.5. The van der Waals surface area contributed by atoms with Crippen LogP contribution < -0.4 is 14.2 Å². The fourth-order valence-corrected chi connectivity index (χ4v) is 3.18. The van der Waals surface area contributed by atoms with E-state index in [4.69, 9.17) is 38.0 Å². The summed E-state index contributed by atoms with van der Waals surface area (Å²) in [5.41, 5.74) is 1.50. The summed E-state index contributed by atoms with van der Waals surface area (Å²) >= 11 is 11.7. The van der Waals surface area contributed by atoms with Gasteiger partial charge < -0.3 is 14.2 Å². The van der Waals surface area contributed by atoms with Crippen molar-refractivity contribution in [2.75, 3.05) is 20.3 Å². The van der Waals surface area contributed by atoms with Crippen LogP contribution in [0.4, 0.5) is 0 Å². The first kappa shape index (κ1) is 20.9. The van der Waals surface area contributed by atoms with E-state index >= 15 is 0 Å². The van der Waals surface area contributed by atoms with Gasteiger partial charge in [-0.05, 0) is 55.9 Å². The second kappa shape index (κ2) is 9.58. The van der Waals surface area contributed by atoms with Gasteiger partial charge in [0.1, 0.15) is 5.75 Å². The molecular weight excluding hydrogens is 412 g/mol. The molecule has 1 heterocycles. The van der Waals surface area contributed by atoms with Crippen LogP contribution in [0.2, 0.25) is 5.02 Å². The third kappa shape index (κ3) is 4.60. The number of nitrogens with one attached hydrogen (secondary N) is 1. The molecule has 0 aliphatic carbocycles. The summed E-state index contributed by atoms with van der Waals surface area (Å²) in [5, 5.41) is 12.0. The summed E-state index contributed by atoms with van der Waals surface area (Å²) in [7, 11) is 1.56. The average Bonchev–Trinajstić information content (AvgIpc) is 3.09. The molecule has 29 heavy (non-hydrogen) atoms. The highest BCUT2D eigenvalue weighted by Gasteiger charge is 2.14. The van der Waals surface area contributed by atoms with Crippen molar-refractivity contribution in [1.29, 1.82) is 0 Å². The van der Waals surface area contributed by atoms with E-state index in [0.29, 0.717) is 46.1 Å². The number of nitrogens with zero attached hydrogens (tertiary/aromatic N) is 3. The van der Waals surface area contributed by atoms with E-state index in [1.807, 2.05) is 38.1 Å². The zero-order valence-electron chi connectivity index (χ0n) is 16.3. The number of para-hydroxylation sites is 1. The molecule has 0 fully saturated rings. The van der Waals surface area contributed by atoms with Gasteiger partial charge in [-0.1, -0.05) is 23.7 Å². The molecule has 0 radical (unpaired) electrons. The molecule has 1 aromatic heterocycles. The molecule has 7 nitrogen and oxygen atoms in total. The van der Waals surface area contributed by atoms with E-state index in [2.05, 4.69) is 15.3 Å². The van der Waals surface area contributed by atoms with Gasteiger partial charge in [0.05, 0.1) is 37.1 Å². The van der Waals surface area contributed by atoms with Crippen LogP contribution in [0.25, 0.3) is 11.4 Å². The molecule has 0 aliphatic rings. The molecular formula is C20H21ClN4O3S. The lowest BCUT2D eigenvalue weighted by Crippen LogP contribution is -2.00. The van der Waals surface area contributed by atoms with Crippen molar-refractivity contribution < 1.29 is 14.2 Å². The topological polar surface area (TPSA) is 73.7 Å². The minimum absolute atomic E-state index is 0.353. The Morgan fingerprint density at radius 2 is 1.93 bits per heavy atom. The van der Waals surface area contributed by atoms with Gasteiger partial charge in [0.2, 0.25) is 4.77 Å². The molecule has 0 saturated carbocycles. The first-order valence-corrected chi connectivity index (χ1v) is 9.81. The lowest BCUT2D eigenvalue weighted by molar-refractivity contribution is 0.311. The largest absolute Gasteiger partial charge is 0.493 e. The minimum Gasteiger partial charge on any atom is -0.493 e. The number of ether oxygens (including phenoxy) is 3. The van der Waals surface area contributed by atoms with Gasteiger partial charge in [0, 0.05) is 0 Å². The van der Waals surface area contributed by atoms with Gasteiger partial charge in [-0.15, -0.1) is 0 Å². The molecule has 0 aliphatic heterocycles. The van der Waals surface area contributed by atoms with Crippen LogP contribution in [0.1, 0.15) is 19.4 Å². The van der Waals surface area contributed by atoms with Gasteiger partial charge >= 0.3 is 0 Å². The number of H-pyrrole nitrogens is 1. The third-order valence-electron chi connectivity index (χ3n) is 3.94. The molecule has 1 N–H and O–H groups in total. The normalized spacial score (nSPS) is 11.0. The van der Waals surface area contributed by atoms with Crippen molar-refractivity contribution in [1.82, 2.24) is 14.9 Å². The molecule has 0 bridgehead atoms. The highest BCUT2D eigenvalue weighted by atomic mass is 35.5. The molecule has 152 valence electrons. The molecule has 0 amide bonds. The van der Waals surface area contributed by atoms with Crippen LogP contribution in [-0.2, 0) is 0 Å². The zero-order chi connectivity index (χ0) is 20.8. The summed E-state index contributed by atoms with van der Waals surface area (Å²) in [5.74, 6) is 2.27. The predicted molar refractivity (Wildman–Crippen MR) is 116 cm³/mol. The van der Waals surface area contributed by atoms with Crippen LogP contribution in [-0.4, -0.2) is 41.4 Å². The Labute approximate surface area is 178 Å². The Morgan fingerprint density at radius 3 is 2.66 bits per heavy atom.